The van der Waals surface area contributed by atoms with Crippen LogP contribution < -0.4 is 5.73 Å². The van der Waals surface area contributed by atoms with Crippen molar-refractivity contribution in [2.24, 2.45) is 5.73 Å². The van der Waals surface area contributed by atoms with Crippen LogP contribution in [0.5, 0.6) is 0 Å². The molecule has 2 aromatic rings. The van der Waals surface area contributed by atoms with Crippen LogP contribution in [0.1, 0.15) is 17.0 Å². The Morgan fingerprint density at radius 2 is 2.12 bits per heavy atom. The van der Waals surface area contributed by atoms with E-state index in [2.05, 4.69) is 10.1 Å². The van der Waals surface area contributed by atoms with Gasteiger partial charge in [0.1, 0.15) is 0 Å². The lowest BCUT2D eigenvalue weighted by Crippen LogP contribution is -2.05. The Bertz CT molecular complexity index is 519. The minimum absolute atomic E-state index is 0.396. The van der Waals surface area contributed by atoms with Crippen molar-refractivity contribution in [2.45, 2.75) is 20.4 Å². The van der Waals surface area contributed by atoms with Gasteiger partial charge >= 0.3 is 0 Å². The number of hydrogen-bond acceptors (Lipinski definition) is 3. The number of nitrogens with two attached hydrogens (primary N) is 1. The summed E-state index contributed by atoms with van der Waals surface area (Å²) in [5, 5.41) is 4.95. The van der Waals surface area contributed by atoms with Gasteiger partial charge in [0.25, 0.3) is 0 Å². The molecule has 0 aliphatic carbocycles. The Morgan fingerprint density at radius 1 is 1.38 bits per heavy atom. The van der Waals surface area contributed by atoms with Crippen molar-refractivity contribution in [3.05, 3.63) is 40.3 Å². The van der Waals surface area contributed by atoms with Crippen molar-refractivity contribution in [1.82, 2.24) is 14.8 Å². The highest BCUT2D eigenvalue weighted by Crippen LogP contribution is 2.17. The molecule has 0 atom stereocenters. The van der Waals surface area contributed by atoms with E-state index < -0.39 is 0 Å². The number of hydrogen-bond donors (Lipinski definition) is 1. The highest BCUT2D eigenvalue weighted by molar-refractivity contribution is 6.31. The number of nitrogens with zero attached hydrogens (tertiary/aromatic N) is 3. The molecule has 0 saturated carbocycles. The molecule has 0 spiro atoms. The van der Waals surface area contributed by atoms with E-state index in [9.17, 15) is 0 Å². The van der Waals surface area contributed by atoms with Crippen molar-refractivity contribution < 1.29 is 0 Å². The van der Waals surface area contributed by atoms with E-state index in [-0.39, 0.29) is 0 Å². The molecule has 84 valence electrons. The standard InChI is InChI=1S/C11H13ClN4/c1-7-3-8(2)16(15-7)11-4-9(5-13)10(12)6-14-11/h3-4,6H,5,13H2,1-2H3. The molecule has 0 aliphatic heterocycles. The number of aryl methyl sites for hydroxylation is 2. The van der Waals surface area contributed by atoms with Crippen molar-refractivity contribution in [2.75, 3.05) is 0 Å². The number of halogens is 1. The van der Waals surface area contributed by atoms with Crippen LogP contribution in [0.15, 0.2) is 18.3 Å². The number of rotatable bonds is 2. The van der Waals surface area contributed by atoms with Gasteiger partial charge in [-0.05, 0) is 31.5 Å². The summed E-state index contributed by atoms with van der Waals surface area (Å²) in [6, 6.07) is 3.86. The first kappa shape index (κ1) is 11.1. The normalized spacial score (nSPS) is 10.8. The zero-order chi connectivity index (χ0) is 11.7. The van der Waals surface area contributed by atoms with Gasteiger partial charge in [0, 0.05) is 18.4 Å². The lowest BCUT2D eigenvalue weighted by Gasteiger charge is -2.06. The average Bonchev–Trinajstić information content (AvgIpc) is 2.59. The van der Waals surface area contributed by atoms with Crippen molar-refractivity contribution in [3.63, 3.8) is 0 Å². The first-order valence-electron chi connectivity index (χ1n) is 5.00. The molecule has 0 saturated heterocycles. The predicted molar refractivity (Wildman–Crippen MR) is 63.7 cm³/mol. The van der Waals surface area contributed by atoms with E-state index in [1.165, 1.54) is 0 Å². The van der Waals surface area contributed by atoms with Crippen molar-refractivity contribution >= 4 is 11.6 Å². The first-order chi connectivity index (χ1) is 7.61. The van der Waals surface area contributed by atoms with Gasteiger partial charge in [0.2, 0.25) is 0 Å². The lowest BCUT2D eigenvalue weighted by atomic mass is 10.2. The van der Waals surface area contributed by atoms with Crippen LogP contribution in [0.25, 0.3) is 5.82 Å². The van der Waals surface area contributed by atoms with Crippen LogP contribution >= 0.6 is 11.6 Å². The first-order valence-corrected chi connectivity index (χ1v) is 5.37. The van der Waals surface area contributed by atoms with Crippen LogP contribution in [0.2, 0.25) is 5.02 Å². The quantitative estimate of drug-likeness (QED) is 0.868. The second-order valence-corrected chi connectivity index (χ2v) is 4.08. The van der Waals surface area contributed by atoms with Crippen LogP contribution in [-0.4, -0.2) is 14.8 Å². The molecule has 0 aromatic carbocycles. The topological polar surface area (TPSA) is 56.7 Å². The molecular formula is C11H13ClN4. The number of aromatic nitrogens is 3. The van der Waals surface area contributed by atoms with Gasteiger partial charge in [-0.2, -0.15) is 5.10 Å². The fourth-order valence-corrected chi connectivity index (χ4v) is 1.78. The summed E-state index contributed by atoms with van der Waals surface area (Å²) in [5.74, 6) is 0.746. The second kappa shape index (κ2) is 4.23. The van der Waals surface area contributed by atoms with E-state index in [4.69, 9.17) is 17.3 Å². The zero-order valence-electron chi connectivity index (χ0n) is 9.24. The third kappa shape index (κ3) is 1.94. The Labute approximate surface area is 99.1 Å². The maximum Gasteiger partial charge on any atom is 0.153 e. The molecule has 2 heterocycles. The highest BCUT2D eigenvalue weighted by Gasteiger charge is 2.07. The molecule has 2 aromatic heterocycles. The van der Waals surface area contributed by atoms with Gasteiger partial charge in [-0.25, -0.2) is 9.67 Å². The summed E-state index contributed by atoms with van der Waals surface area (Å²) in [4.78, 5) is 4.24. The van der Waals surface area contributed by atoms with Crippen LogP contribution in [0, 0.1) is 13.8 Å². The van der Waals surface area contributed by atoms with Crippen molar-refractivity contribution in [1.29, 1.82) is 0 Å². The average molecular weight is 237 g/mol. The third-order valence-electron chi connectivity index (χ3n) is 2.37. The molecule has 0 radical (unpaired) electrons. The van der Waals surface area contributed by atoms with Crippen LogP contribution in [0.4, 0.5) is 0 Å². The van der Waals surface area contributed by atoms with Gasteiger partial charge in [0.15, 0.2) is 5.82 Å². The number of pyridine rings is 1. The molecular weight excluding hydrogens is 224 g/mol. The van der Waals surface area contributed by atoms with Gasteiger partial charge in [0.05, 0.1) is 10.7 Å². The summed E-state index contributed by atoms with van der Waals surface area (Å²) >= 11 is 5.96. The minimum atomic E-state index is 0.396. The maximum atomic E-state index is 5.96. The van der Waals surface area contributed by atoms with Gasteiger partial charge in [-0.3, -0.25) is 0 Å². The molecule has 0 fully saturated rings. The van der Waals surface area contributed by atoms with Gasteiger partial charge in [-0.1, -0.05) is 11.6 Å². The van der Waals surface area contributed by atoms with Crippen molar-refractivity contribution in [3.8, 4) is 5.82 Å². The summed E-state index contributed by atoms with van der Waals surface area (Å²) in [5.41, 5.74) is 8.47. The molecule has 5 heteroatoms. The summed E-state index contributed by atoms with van der Waals surface area (Å²) in [6.45, 7) is 4.33. The monoisotopic (exact) mass is 236 g/mol. The molecule has 2 rings (SSSR count). The maximum absolute atomic E-state index is 5.96. The largest absolute Gasteiger partial charge is 0.326 e. The van der Waals surface area contributed by atoms with E-state index in [1.807, 2.05) is 26.0 Å². The molecule has 2 N–H and O–H groups in total. The molecule has 4 nitrogen and oxygen atoms in total. The fraction of sp³-hybridized carbons (Fsp3) is 0.273. The Hall–Kier alpha value is -1.39. The van der Waals surface area contributed by atoms with Crippen LogP contribution in [0.3, 0.4) is 0 Å². The summed E-state index contributed by atoms with van der Waals surface area (Å²) in [6.07, 6.45) is 1.61. The predicted octanol–water partition coefficient (Wildman–Crippen LogP) is 2.00. The minimum Gasteiger partial charge on any atom is -0.326 e. The van der Waals surface area contributed by atoms with Gasteiger partial charge in [-0.15, -0.1) is 0 Å². The molecule has 16 heavy (non-hydrogen) atoms. The van der Waals surface area contributed by atoms with E-state index >= 15 is 0 Å². The summed E-state index contributed by atoms with van der Waals surface area (Å²) < 4.78 is 1.78. The Morgan fingerprint density at radius 3 is 2.69 bits per heavy atom. The van der Waals surface area contributed by atoms with Crippen LogP contribution in [-0.2, 0) is 6.54 Å². The second-order valence-electron chi connectivity index (χ2n) is 3.68. The summed E-state index contributed by atoms with van der Waals surface area (Å²) in [7, 11) is 0. The smallest absolute Gasteiger partial charge is 0.153 e. The fourth-order valence-electron chi connectivity index (χ4n) is 1.60. The van der Waals surface area contributed by atoms with E-state index in [1.54, 1.807) is 10.9 Å². The van der Waals surface area contributed by atoms with E-state index in [0.29, 0.717) is 11.6 Å². The molecule has 0 bridgehead atoms. The lowest BCUT2D eigenvalue weighted by molar-refractivity contribution is 0.802. The zero-order valence-corrected chi connectivity index (χ0v) is 9.99. The molecule has 0 amide bonds. The van der Waals surface area contributed by atoms with Gasteiger partial charge < -0.3 is 5.73 Å². The Kier molecular flexibility index (Phi) is 2.94. The SMILES string of the molecule is Cc1cc(C)n(-c2cc(CN)c(Cl)cn2)n1. The third-order valence-corrected chi connectivity index (χ3v) is 2.71. The highest BCUT2D eigenvalue weighted by atomic mass is 35.5. The molecule has 0 aliphatic rings. The van der Waals surface area contributed by atoms with E-state index in [0.717, 1.165) is 22.8 Å². The molecule has 0 unspecified atom stereocenters. The Balaban J connectivity index is 2.52.